The molecular formula is C13H26IN5O3S. The van der Waals surface area contributed by atoms with Gasteiger partial charge in [0.25, 0.3) is 0 Å². The highest BCUT2D eigenvalue weighted by molar-refractivity contribution is 14.0. The highest BCUT2D eigenvalue weighted by Crippen LogP contribution is 2.00. The molecule has 23 heavy (non-hydrogen) atoms. The SMILES string of the molecule is CCCCCCN=C(N)NCCNS(=O)(=O)Cc1ccon1.I. The van der Waals surface area contributed by atoms with Gasteiger partial charge in [0, 0.05) is 25.7 Å². The minimum Gasteiger partial charge on any atom is -0.370 e. The molecule has 0 atom stereocenters. The second-order valence-electron chi connectivity index (χ2n) is 4.90. The number of hydrogen-bond donors (Lipinski definition) is 3. The standard InChI is InChI=1S/C13H25N5O3S.HI/c1-2-3-4-5-7-15-13(14)16-8-9-17-22(19,20)11-12-6-10-21-18-12;/h6,10,17H,2-5,7-9,11H2,1H3,(H3,14,15,16);1H. The average molecular weight is 459 g/mol. The van der Waals surface area contributed by atoms with E-state index >= 15 is 0 Å². The fourth-order valence-electron chi connectivity index (χ4n) is 1.75. The van der Waals surface area contributed by atoms with Gasteiger partial charge in [-0.25, -0.2) is 13.1 Å². The van der Waals surface area contributed by atoms with Gasteiger partial charge in [-0.15, -0.1) is 24.0 Å². The van der Waals surface area contributed by atoms with Gasteiger partial charge in [0.15, 0.2) is 5.96 Å². The molecule has 0 aromatic carbocycles. The fourth-order valence-corrected chi connectivity index (χ4v) is 2.80. The van der Waals surface area contributed by atoms with Crippen LogP contribution < -0.4 is 15.8 Å². The molecule has 0 saturated heterocycles. The van der Waals surface area contributed by atoms with Crippen molar-refractivity contribution in [3.63, 3.8) is 0 Å². The lowest BCUT2D eigenvalue weighted by atomic mass is 10.2. The maximum Gasteiger partial charge on any atom is 0.217 e. The van der Waals surface area contributed by atoms with Crippen LogP contribution in [0.5, 0.6) is 0 Å². The van der Waals surface area contributed by atoms with Crippen LogP contribution in [0.3, 0.4) is 0 Å². The Bertz CT molecular complexity index is 534. The molecule has 1 aromatic rings. The first-order valence-electron chi connectivity index (χ1n) is 7.44. The molecule has 0 aliphatic rings. The summed E-state index contributed by atoms with van der Waals surface area (Å²) < 4.78 is 30.5. The van der Waals surface area contributed by atoms with E-state index in [1.54, 1.807) is 0 Å². The molecule has 8 nitrogen and oxygen atoms in total. The Balaban J connectivity index is 0.00000484. The number of halogens is 1. The van der Waals surface area contributed by atoms with Crippen LogP contribution in [0.1, 0.15) is 38.3 Å². The lowest BCUT2D eigenvalue weighted by molar-refractivity contribution is 0.413. The number of guanidine groups is 1. The van der Waals surface area contributed by atoms with Gasteiger partial charge in [-0.3, -0.25) is 4.99 Å². The van der Waals surface area contributed by atoms with Gasteiger partial charge in [0.1, 0.15) is 12.0 Å². The van der Waals surface area contributed by atoms with E-state index in [0.717, 1.165) is 12.8 Å². The highest BCUT2D eigenvalue weighted by Gasteiger charge is 2.12. The van der Waals surface area contributed by atoms with Gasteiger partial charge in [-0.2, -0.15) is 0 Å². The van der Waals surface area contributed by atoms with E-state index < -0.39 is 10.0 Å². The van der Waals surface area contributed by atoms with Gasteiger partial charge in [0.2, 0.25) is 10.0 Å². The molecule has 0 aliphatic carbocycles. The molecule has 0 saturated carbocycles. The number of nitrogens with two attached hydrogens (primary N) is 1. The topological polar surface area (TPSA) is 123 Å². The summed E-state index contributed by atoms with van der Waals surface area (Å²) in [5, 5.41) is 6.44. The van der Waals surface area contributed by atoms with E-state index in [-0.39, 0.29) is 36.3 Å². The number of rotatable bonds is 11. The van der Waals surface area contributed by atoms with Crippen molar-refractivity contribution in [1.82, 2.24) is 15.2 Å². The molecule has 1 aromatic heterocycles. The van der Waals surface area contributed by atoms with Crippen LogP contribution in [0, 0.1) is 0 Å². The lowest BCUT2D eigenvalue weighted by Gasteiger charge is -2.07. The summed E-state index contributed by atoms with van der Waals surface area (Å²) in [5.41, 5.74) is 6.06. The largest absolute Gasteiger partial charge is 0.370 e. The maximum absolute atomic E-state index is 11.7. The van der Waals surface area contributed by atoms with Crippen molar-refractivity contribution >= 4 is 40.0 Å². The summed E-state index contributed by atoms with van der Waals surface area (Å²) in [4.78, 5) is 4.17. The Morgan fingerprint density at radius 2 is 2.13 bits per heavy atom. The second kappa shape index (κ2) is 12.5. The predicted molar refractivity (Wildman–Crippen MR) is 101 cm³/mol. The molecule has 0 aliphatic heterocycles. The first-order chi connectivity index (χ1) is 10.5. The van der Waals surface area contributed by atoms with Crippen molar-refractivity contribution in [2.45, 2.75) is 38.4 Å². The molecule has 0 fully saturated rings. The number of aliphatic imine (C=N–C) groups is 1. The van der Waals surface area contributed by atoms with E-state index in [1.165, 1.54) is 25.2 Å². The quantitative estimate of drug-likeness (QED) is 0.198. The van der Waals surface area contributed by atoms with E-state index in [1.807, 2.05) is 0 Å². The molecule has 0 spiro atoms. The molecule has 0 bridgehead atoms. The first-order valence-corrected chi connectivity index (χ1v) is 9.09. The zero-order chi connectivity index (χ0) is 16.3. The zero-order valence-corrected chi connectivity index (χ0v) is 16.5. The molecule has 1 rings (SSSR count). The van der Waals surface area contributed by atoms with E-state index in [0.29, 0.717) is 24.7 Å². The fraction of sp³-hybridized carbons (Fsp3) is 0.692. The van der Waals surface area contributed by atoms with Crippen LogP contribution in [0.4, 0.5) is 0 Å². The molecular weight excluding hydrogens is 433 g/mol. The Hall–Kier alpha value is -0.880. The number of sulfonamides is 1. The number of aromatic nitrogens is 1. The van der Waals surface area contributed by atoms with E-state index in [4.69, 9.17) is 5.73 Å². The van der Waals surface area contributed by atoms with Crippen molar-refractivity contribution in [1.29, 1.82) is 0 Å². The molecule has 134 valence electrons. The number of unbranched alkanes of at least 4 members (excludes halogenated alkanes) is 3. The molecule has 0 amide bonds. The number of hydrogen-bond acceptors (Lipinski definition) is 5. The van der Waals surface area contributed by atoms with E-state index in [9.17, 15) is 8.42 Å². The smallest absolute Gasteiger partial charge is 0.217 e. The molecule has 0 unspecified atom stereocenters. The van der Waals surface area contributed by atoms with Crippen LogP contribution in [0.2, 0.25) is 0 Å². The summed E-state index contributed by atoms with van der Waals surface area (Å²) in [6.45, 7) is 3.45. The highest BCUT2D eigenvalue weighted by atomic mass is 127. The summed E-state index contributed by atoms with van der Waals surface area (Å²) in [6, 6.07) is 1.51. The van der Waals surface area contributed by atoms with E-state index in [2.05, 4.69) is 31.6 Å². The van der Waals surface area contributed by atoms with Crippen molar-refractivity contribution < 1.29 is 12.9 Å². The molecule has 10 heteroatoms. The number of nitrogens with zero attached hydrogens (tertiary/aromatic N) is 2. The van der Waals surface area contributed by atoms with Gasteiger partial charge >= 0.3 is 0 Å². The van der Waals surface area contributed by atoms with Crippen molar-refractivity contribution in [2.24, 2.45) is 10.7 Å². The minimum absolute atomic E-state index is 0. The number of nitrogens with one attached hydrogen (secondary N) is 2. The monoisotopic (exact) mass is 459 g/mol. The molecule has 1 heterocycles. The Morgan fingerprint density at radius 1 is 1.35 bits per heavy atom. The molecule has 4 N–H and O–H groups in total. The summed E-state index contributed by atoms with van der Waals surface area (Å²) in [7, 11) is -3.42. The first kappa shape index (κ1) is 22.1. The Kier molecular flexibility index (Phi) is 12.1. The van der Waals surface area contributed by atoms with Crippen molar-refractivity contribution in [3.05, 3.63) is 18.0 Å². The third kappa shape index (κ3) is 11.3. The van der Waals surface area contributed by atoms with Crippen LogP contribution in [0.15, 0.2) is 21.8 Å². The second-order valence-corrected chi connectivity index (χ2v) is 6.71. The van der Waals surface area contributed by atoms with Crippen molar-refractivity contribution in [3.8, 4) is 0 Å². The van der Waals surface area contributed by atoms with Crippen LogP contribution >= 0.6 is 24.0 Å². The maximum atomic E-state index is 11.7. The summed E-state index contributed by atoms with van der Waals surface area (Å²) in [5.74, 6) is 0.136. The van der Waals surface area contributed by atoms with Crippen molar-refractivity contribution in [2.75, 3.05) is 19.6 Å². The van der Waals surface area contributed by atoms with Gasteiger partial charge in [-0.05, 0) is 6.42 Å². The third-order valence-electron chi connectivity index (χ3n) is 2.88. The Labute approximate surface area is 154 Å². The minimum atomic E-state index is -3.42. The average Bonchev–Trinajstić information content (AvgIpc) is 2.95. The van der Waals surface area contributed by atoms with Crippen LogP contribution in [-0.4, -0.2) is 39.2 Å². The lowest BCUT2D eigenvalue weighted by Crippen LogP contribution is -2.38. The summed E-state index contributed by atoms with van der Waals surface area (Å²) >= 11 is 0. The van der Waals surface area contributed by atoms with Crippen LogP contribution in [0.25, 0.3) is 0 Å². The molecule has 0 radical (unpaired) electrons. The third-order valence-corrected chi connectivity index (χ3v) is 4.20. The van der Waals surface area contributed by atoms with Gasteiger partial charge in [0.05, 0.1) is 5.69 Å². The normalized spacial score (nSPS) is 12.0. The Morgan fingerprint density at radius 3 is 2.78 bits per heavy atom. The predicted octanol–water partition coefficient (Wildman–Crippen LogP) is 1.20. The van der Waals surface area contributed by atoms with Gasteiger partial charge in [-0.1, -0.05) is 31.3 Å². The van der Waals surface area contributed by atoms with Crippen LogP contribution in [-0.2, 0) is 15.8 Å². The summed E-state index contributed by atoms with van der Waals surface area (Å²) in [6.07, 6.45) is 5.89. The van der Waals surface area contributed by atoms with Gasteiger partial charge < -0.3 is 15.6 Å². The zero-order valence-electron chi connectivity index (χ0n) is 13.3.